The smallest absolute Gasteiger partial charge is 0.255 e. The molecule has 1 amide bonds. The van der Waals surface area contributed by atoms with Gasteiger partial charge in [-0.05, 0) is 55.3 Å². The molecule has 0 saturated carbocycles. The molecule has 1 aliphatic heterocycles. The van der Waals surface area contributed by atoms with E-state index in [1.807, 2.05) is 86.6 Å². The second-order valence-corrected chi connectivity index (χ2v) is 8.12. The molecule has 2 heterocycles. The zero-order valence-corrected chi connectivity index (χ0v) is 17.9. The van der Waals surface area contributed by atoms with E-state index in [2.05, 4.69) is 15.2 Å². The minimum absolute atomic E-state index is 0.160. The van der Waals surface area contributed by atoms with Crippen molar-refractivity contribution < 1.29 is 4.79 Å². The Morgan fingerprint density at radius 3 is 2.61 bits per heavy atom. The number of para-hydroxylation sites is 3. The minimum Gasteiger partial charge on any atom is -0.329 e. The van der Waals surface area contributed by atoms with E-state index < -0.39 is 0 Å². The monoisotopic (exact) mass is 428 g/mol. The number of nitrogens with one attached hydrogen (secondary N) is 2. The quantitative estimate of drug-likeness (QED) is 0.425. The number of fused-ring (bicyclic) bond motifs is 3. The van der Waals surface area contributed by atoms with E-state index in [4.69, 9.17) is 16.6 Å². The number of hydrogen-bond donors (Lipinski definition) is 2. The van der Waals surface area contributed by atoms with Gasteiger partial charge in [0.25, 0.3) is 5.91 Å². The lowest BCUT2D eigenvalue weighted by Crippen LogP contribution is -2.31. The summed E-state index contributed by atoms with van der Waals surface area (Å²) in [4.78, 5) is 18.3. The Bertz CT molecular complexity index is 1350. The van der Waals surface area contributed by atoms with Gasteiger partial charge in [0.2, 0.25) is 5.95 Å². The molecule has 5 nitrogen and oxygen atoms in total. The summed E-state index contributed by atoms with van der Waals surface area (Å²) < 4.78 is 2.07. The molecule has 4 aromatic rings. The van der Waals surface area contributed by atoms with Crippen LogP contribution in [-0.4, -0.2) is 15.5 Å². The van der Waals surface area contributed by atoms with Gasteiger partial charge in [-0.3, -0.25) is 9.36 Å². The Morgan fingerprint density at radius 1 is 1.03 bits per heavy atom. The van der Waals surface area contributed by atoms with Crippen LogP contribution in [0.15, 0.2) is 84.1 Å². The highest BCUT2D eigenvalue weighted by molar-refractivity contribution is 6.30. The van der Waals surface area contributed by atoms with E-state index in [9.17, 15) is 4.79 Å². The van der Waals surface area contributed by atoms with Crippen molar-refractivity contribution in [2.24, 2.45) is 0 Å². The molecule has 0 bridgehead atoms. The number of anilines is 2. The lowest BCUT2D eigenvalue weighted by Gasteiger charge is -2.31. The fraction of sp³-hybridized carbons (Fsp3) is 0.120. The second kappa shape index (κ2) is 7.60. The van der Waals surface area contributed by atoms with Gasteiger partial charge in [0.15, 0.2) is 0 Å². The van der Waals surface area contributed by atoms with Crippen molar-refractivity contribution in [3.8, 4) is 0 Å². The van der Waals surface area contributed by atoms with E-state index in [-0.39, 0.29) is 11.9 Å². The van der Waals surface area contributed by atoms with Gasteiger partial charge >= 0.3 is 0 Å². The summed E-state index contributed by atoms with van der Waals surface area (Å²) in [5, 5.41) is 7.05. The summed E-state index contributed by atoms with van der Waals surface area (Å²) in [6.07, 6.45) is 0. The third-order valence-corrected chi connectivity index (χ3v) is 5.87. The number of halogens is 1. The highest BCUT2D eigenvalue weighted by Crippen LogP contribution is 2.40. The summed E-state index contributed by atoms with van der Waals surface area (Å²) in [7, 11) is 0. The van der Waals surface area contributed by atoms with Crippen LogP contribution in [0.5, 0.6) is 0 Å². The number of amides is 1. The predicted molar refractivity (Wildman–Crippen MR) is 125 cm³/mol. The molecule has 1 aliphatic rings. The van der Waals surface area contributed by atoms with Gasteiger partial charge < -0.3 is 10.6 Å². The number of aryl methyl sites for hydroxylation is 1. The lowest BCUT2D eigenvalue weighted by molar-refractivity contribution is -0.113. The minimum atomic E-state index is -0.369. The van der Waals surface area contributed by atoms with E-state index in [0.717, 1.165) is 33.5 Å². The standard InChI is InChI=1S/C25H21ClN4O/c1-15-8-3-4-11-19(15)28-24(31)22-16(2)27-25-29-20-12-5-6-13-21(20)30(25)23(22)17-9-7-10-18(26)14-17/h3-14,23H,1-2H3,(H,27,29)(H,28,31)/t23-/m0/s1. The SMILES string of the molecule is CC1=C(C(=O)Nc2ccccc2C)[C@H](c2cccc(Cl)c2)n2c(nc3ccccc32)N1. The first-order valence-electron chi connectivity index (χ1n) is 10.1. The molecule has 31 heavy (non-hydrogen) atoms. The van der Waals surface area contributed by atoms with Crippen LogP contribution in [0.3, 0.4) is 0 Å². The van der Waals surface area contributed by atoms with Gasteiger partial charge in [-0.1, -0.05) is 54.1 Å². The van der Waals surface area contributed by atoms with Crippen LogP contribution < -0.4 is 10.6 Å². The zero-order chi connectivity index (χ0) is 21.5. The summed E-state index contributed by atoms with van der Waals surface area (Å²) in [5.74, 6) is 0.545. The first-order valence-corrected chi connectivity index (χ1v) is 10.5. The van der Waals surface area contributed by atoms with Crippen molar-refractivity contribution in [3.63, 3.8) is 0 Å². The van der Waals surface area contributed by atoms with Crippen molar-refractivity contribution >= 4 is 40.2 Å². The summed E-state index contributed by atoms with van der Waals surface area (Å²) in [6, 6.07) is 23.0. The molecule has 3 aromatic carbocycles. The van der Waals surface area contributed by atoms with Crippen molar-refractivity contribution in [1.29, 1.82) is 0 Å². The Morgan fingerprint density at radius 2 is 1.81 bits per heavy atom. The average Bonchev–Trinajstić information content (AvgIpc) is 3.12. The van der Waals surface area contributed by atoms with Gasteiger partial charge in [-0.2, -0.15) is 0 Å². The summed E-state index contributed by atoms with van der Waals surface area (Å²) in [6.45, 7) is 3.89. The fourth-order valence-electron chi connectivity index (χ4n) is 4.15. The molecule has 0 unspecified atom stereocenters. The number of benzene rings is 3. The molecular weight excluding hydrogens is 408 g/mol. The Balaban J connectivity index is 1.68. The lowest BCUT2D eigenvalue weighted by atomic mass is 9.94. The Kier molecular flexibility index (Phi) is 4.75. The number of allylic oxidation sites excluding steroid dienone is 1. The van der Waals surface area contributed by atoms with Gasteiger partial charge in [0, 0.05) is 16.4 Å². The molecule has 6 heteroatoms. The first kappa shape index (κ1) is 19.4. The first-order chi connectivity index (χ1) is 15.0. The summed E-state index contributed by atoms with van der Waals surface area (Å²) >= 11 is 6.34. The molecule has 0 radical (unpaired) electrons. The van der Waals surface area contributed by atoms with Crippen LogP contribution in [0, 0.1) is 6.92 Å². The van der Waals surface area contributed by atoms with E-state index in [1.165, 1.54) is 0 Å². The number of rotatable bonds is 3. The Hall–Kier alpha value is -3.57. The maximum absolute atomic E-state index is 13.6. The molecule has 0 saturated heterocycles. The van der Waals surface area contributed by atoms with E-state index in [1.54, 1.807) is 0 Å². The van der Waals surface area contributed by atoms with Crippen molar-refractivity contribution in [3.05, 3.63) is 100 Å². The van der Waals surface area contributed by atoms with E-state index >= 15 is 0 Å². The number of aromatic nitrogens is 2. The van der Waals surface area contributed by atoms with Crippen LogP contribution >= 0.6 is 11.6 Å². The van der Waals surface area contributed by atoms with Crippen molar-refractivity contribution in [2.45, 2.75) is 19.9 Å². The number of imidazole rings is 1. The predicted octanol–water partition coefficient (Wildman–Crippen LogP) is 5.93. The van der Waals surface area contributed by atoms with Crippen molar-refractivity contribution in [1.82, 2.24) is 9.55 Å². The molecule has 1 aromatic heterocycles. The normalized spacial score (nSPS) is 15.5. The third kappa shape index (κ3) is 3.37. The summed E-state index contributed by atoms with van der Waals surface area (Å²) in [5.41, 5.74) is 5.92. The zero-order valence-electron chi connectivity index (χ0n) is 17.2. The van der Waals surface area contributed by atoms with Gasteiger partial charge in [-0.15, -0.1) is 0 Å². The second-order valence-electron chi connectivity index (χ2n) is 7.68. The fourth-order valence-corrected chi connectivity index (χ4v) is 4.35. The molecule has 0 fully saturated rings. The number of nitrogens with zero attached hydrogens (tertiary/aromatic N) is 2. The van der Waals surface area contributed by atoms with Crippen LogP contribution in [0.2, 0.25) is 5.02 Å². The number of carbonyl (C=O) groups excluding carboxylic acids is 1. The topological polar surface area (TPSA) is 59.0 Å². The maximum Gasteiger partial charge on any atom is 0.255 e. The van der Waals surface area contributed by atoms with Gasteiger partial charge in [0.1, 0.15) is 0 Å². The molecule has 1 atom stereocenters. The highest BCUT2D eigenvalue weighted by atomic mass is 35.5. The molecule has 5 rings (SSSR count). The Labute approximate surface area is 185 Å². The largest absolute Gasteiger partial charge is 0.329 e. The molecule has 154 valence electrons. The van der Waals surface area contributed by atoms with Crippen LogP contribution in [0.4, 0.5) is 11.6 Å². The van der Waals surface area contributed by atoms with Crippen LogP contribution in [0.1, 0.15) is 24.1 Å². The average molecular weight is 429 g/mol. The molecular formula is C25H21ClN4O. The van der Waals surface area contributed by atoms with E-state index in [0.29, 0.717) is 16.5 Å². The molecule has 0 spiro atoms. The third-order valence-electron chi connectivity index (χ3n) is 5.63. The van der Waals surface area contributed by atoms with Crippen LogP contribution in [0.25, 0.3) is 11.0 Å². The van der Waals surface area contributed by atoms with Gasteiger partial charge in [-0.25, -0.2) is 4.98 Å². The molecule has 0 aliphatic carbocycles. The highest BCUT2D eigenvalue weighted by Gasteiger charge is 2.34. The number of hydrogen-bond acceptors (Lipinski definition) is 3. The maximum atomic E-state index is 13.6. The number of carbonyl (C=O) groups is 1. The molecule has 2 N–H and O–H groups in total. The van der Waals surface area contributed by atoms with Crippen molar-refractivity contribution in [2.75, 3.05) is 10.6 Å². The van der Waals surface area contributed by atoms with Crippen LogP contribution in [-0.2, 0) is 4.79 Å². The van der Waals surface area contributed by atoms with Gasteiger partial charge in [0.05, 0.1) is 22.6 Å².